The van der Waals surface area contributed by atoms with Crippen LogP contribution in [0.5, 0.6) is 5.75 Å². The van der Waals surface area contributed by atoms with Gasteiger partial charge in [-0.2, -0.15) is 0 Å². The van der Waals surface area contributed by atoms with Gasteiger partial charge in [0.25, 0.3) is 10.0 Å². The van der Waals surface area contributed by atoms with Crippen LogP contribution in [0.15, 0.2) is 82.2 Å². The molecule has 0 fully saturated rings. The summed E-state index contributed by atoms with van der Waals surface area (Å²) in [6.07, 6.45) is 0.748. The Hall–Kier alpha value is -3.37. The second-order valence-corrected chi connectivity index (χ2v) is 11.9. The number of hydrogen-bond donors (Lipinski definition) is 1. The van der Waals surface area contributed by atoms with Crippen molar-refractivity contribution < 1.29 is 22.7 Å². The van der Waals surface area contributed by atoms with Crippen molar-refractivity contribution in [2.45, 2.75) is 44.7 Å². The summed E-state index contributed by atoms with van der Waals surface area (Å²) in [5, 5.41) is 2.84. The summed E-state index contributed by atoms with van der Waals surface area (Å²) >= 11 is 3.45. The quantitative estimate of drug-likeness (QED) is 0.312. The van der Waals surface area contributed by atoms with E-state index in [1.807, 2.05) is 38.1 Å². The number of amides is 2. The van der Waals surface area contributed by atoms with Gasteiger partial charge in [0.05, 0.1) is 17.7 Å². The van der Waals surface area contributed by atoms with Crippen LogP contribution < -0.4 is 14.4 Å². The van der Waals surface area contributed by atoms with Gasteiger partial charge in [-0.05, 0) is 74.4 Å². The fourth-order valence-electron chi connectivity index (χ4n) is 3.93. The van der Waals surface area contributed by atoms with Crippen molar-refractivity contribution in [2.24, 2.45) is 0 Å². The van der Waals surface area contributed by atoms with E-state index in [4.69, 9.17) is 4.74 Å². The van der Waals surface area contributed by atoms with Gasteiger partial charge in [-0.15, -0.1) is 0 Å². The van der Waals surface area contributed by atoms with Gasteiger partial charge < -0.3 is 15.0 Å². The lowest BCUT2D eigenvalue weighted by Gasteiger charge is -2.32. The maximum absolute atomic E-state index is 13.9. The number of halogens is 1. The topological polar surface area (TPSA) is 96.0 Å². The Morgan fingerprint density at radius 3 is 2.28 bits per heavy atom. The molecule has 0 saturated heterocycles. The van der Waals surface area contributed by atoms with Crippen LogP contribution in [0.25, 0.3) is 0 Å². The number of carbonyl (C=O) groups is 2. The largest absolute Gasteiger partial charge is 0.497 e. The van der Waals surface area contributed by atoms with Crippen molar-refractivity contribution in [3.8, 4) is 5.75 Å². The van der Waals surface area contributed by atoms with E-state index in [1.54, 1.807) is 43.3 Å². The summed E-state index contributed by atoms with van der Waals surface area (Å²) < 4.78 is 34.8. The Kier molecular flexibility index (Phi) is 10.5. The molecule has 0 aromatic heterocycles. The molecule has 1 unspecified atom stereocenters. The summed E-state index contributed by atoms with van der Waals surface area (Å²) in [7, 11) is -2.60. The molecule has 0 saturated carbocycles. The number of methoxy groups -OCH3 is 1. The van der Waals surface area contributed by atoms with Crippen LogP contribution in [-0.4, -0.2) is 51.4 Å². The number of carbonyl (C=O) groups excluding carboxylic acids is 2. The number of rotatable bonds is 12. The Bertz CT molecular complexity index is 1380. The van der Waals surface area contributed by atoms with Crippen molar-refractivity contribution in [1.82, 2.24) is 10.2 Å². The molecule has 0 spiro atoms. The molecule has 8 nitrogen and oxygen atoms in total. The maximum atomic E-state index is 13.9. The fourth-order valence-corrected chi connectivity index (χ4v) is 5.79. The van der Waals surface area contributed by atoms with Crippen molar-refractivity contribution in [3.05, 3.63) is 88.4 Å². The number of sulfonamides is 1. The average molecular weight is 617 g/mol. The molecule has 3 aromatic rings. The van der Waals surface area contributed by atoms with Gasteiger partial charge in [-0.25, -0.2) is 8.42 Å². The van der Waals surface area contributed by atoms with E-state index < -0.39 is 28.5 Å². The molecule has 10 heteroatoms. The molecule has 208 valence electrons. The first-order valence-electron chi connectivity index (χ1n) is 12.6. The fraction of sp³-hybridized carbons (Fsp3) is 0.310. The minimum absolute atomic E-state index is 0.0593. The molecule has 0 aliphatic rings. The third kappa shape index (κ3) is 7.83. The molecule has 0 aliphatic carbocycles. The lowest BCUT2D eigenvalue weighted by Crippen LogP contribution is -2.51. The Labute approximate surface area is 239 Å². The highest BCUT2D eigenvalue weighted by Crippen LogP contribution is 2.27. The first-order valence-corrected chi connectivity index (χ1v) is 14.8. The predicted molar refractivity (Wildman–Crippen MR) is 156 cm³/mol. The predicted octanol–water partition coefficient (Wildman–Crippen LogP) is 4.90. The lowest BCUT2D eigenvalue weighted by atomic mass is 10.1. The third-order valence-electron chi connectivity index (χ3n) is 6.21. The molecule has 0 radical (unpaired) electrons. The minimum Gasteiger partial charge on any atom is -0.497 e. The van der Waals surface area contributed by atoms with E-state index in [9.17, 15) is 18.0 Å². The van der Waals surface area contributed by atoms with E-state index in [0.29, 0.717) is 18.0 Å². The number of hydrogen-bond acceptors (Lipinski definition) is 5. The minimum atomic E-state index is -4.12. The van der Waals surface area contributed by atoms with Crippen LogP contribution in [0.2, 0.25) is 0 Å². The van der Waals surface area contributed by atoms with Gasteiger partial charge in [-0.1, -0.05) is 52.7 Å². The molecular weight excluding hydrogens is 582 g/mol. The zero-order chi connectivity index (χ0) is 28.6. The molecule has 2 amide bonds. The number of aryl methyl sites for hydroxylation is 1. The van der Waals surface area contributed by atoms with Gasteiger partial charge in [0.2, 0.25) is 11.8 Å². The Morgan fingerprint density at radius 1 is 1.03 bits per heavy atom. The zero-order valence-electron chi connectivity index (χ0n) is 22.6. The van der Waals surface area contributed by atoms with Crippen LogP contribution in [0.4, 0.5) is 5.69 Å². The molecule has 0 bridgehead atoms. The highest BCUT2D eigenvalue weighted by molar-refractivity contribution is 9.10. The molecule has 39 heavy (non-hydrogen) atoms. The summed E-state index contributed by atoms with van der Waals surface area (Å²) in [6, 6.07) is 19.5. The molecule has 0 aliphatic heterocycles. The number of anilines is 1. The maximum Gasteiger partial charge on any atom is 0.264 e. The SMILES string of the molecule is CCCNC(=O)C(C)N(Cc1cccc(Br)c1)C(=O)CN(c1ccc(OC)cc1)S(=O)(=O)c1ccc(C)cc1. The van der Waals surface area contributed by atoms with E-state index in [2.05, 4.69) is 21.2 Å². The van der Waals surface area contributed by atoms with Gasteiger partial charge in [-0.3, -0.25) is 13.9 Å². The third-order valence-corrected chi connectivity index (χ3v) is 8.49. The van der Waals surface area contributed by atoms with Crippen molar-refractivity contribution >= 4 is 43.5 Å². The highest BCUT2D eigenvalue weighted by Gasteiger charge is 2.32. The van der Waals surface area contributed by atoms with E-state index >= 15 is 0 Å². The first-order chi connectivity index (χ1) is 18.6. The molecular formula is C29H34BrN3O5S. The average Bonchev–Trinajstić information content (AvgIpc) is 2.93. The smallest absolute Gasteiger partial charge is 0.264 e. The van der Waals surface area contributed by atoms with Gasteiger partial charge in [0, 0.05) is 17.6 Å². The Balaban J connectivity index is 2.02. The monoisotopic (exact) mass is 615 g/mol. The van der Waals surface area contributed by atoms with Crippen LogP contribution in [0, 0.1) is 6.92 Å². The van der Waals surface area contributed by atoms with Gasteiger partial charge in [0.15, 0.2) is 0 Å². The normalized spacial score (nSPS) is 11.9. The van der Waals surface area contributed by atoms with Crippen molar-refractivity contribution in [1.29, 1.82) is 0 Å². The summed E-state index contributed by atoms with van der Waals surface area (Å²) in [4.78, 5) is 28.3. The zero-order valence-corrected chi connectivity index (χ0v) is 25.0. The highest BCUT2D eigenvalue weighted by atomic mass is 79.9. The summed E-state index contributed by atoms with van der Waals surface area (Å²) in [6.45, 7) is 5.56. The van der Waals surface area contributed by atoms with E-state index in [-0.39, 0.29) is 17.3 Å². The summed E-state index contributed by atoms with van der Waals surface area (Å²) in [5.74, 6) is -0.270. The van der Waals surface area contributed by atoms with Crippen molar-refractivity contribution in [3.63, 3.8) is 0 Å². The van der Waals surface area contributed by atoms with Crippen LogP contribution in [0.3, 0.4) is 0 Å². The van der Waals surface area contributed by atoms with Crippen LogP contribution >= 0.6 is 15.9 Å². The second kappa shape index (κ2) is 13.6. The van der Waals surface area contributed by atoms with Crippen LogP contribution in [-0.2, 0) is 26.2 Å². The van der Waals surface area contributed by atoms with Crippen LogP contribution in [0.1, 0.15) is 31.4 Å². The second-order valence-electron chi connectivity index (χ2n) is 9.14. The molecule has 3 rings (SSSR count). The Morgan fingerprint density at radius 2 is 1.69 bits per heavy atom. The van der Waals surface area contributed by atoms with Gasteiger partial charge in [0.1, 0.15) is 18.3 Å². The first kappa shape index (κ1) is 30.2. The summed E-state index contributed by atoms with van der Waals surface area (Å²) in [5.41, 5.74) is 2.01. The number of ether oxygens (including phenoxy) is 1. The van der Waals surface area contributed by atoms with Crippen molar-refractivity contribution in [2.75, 3.05) is 24.5 Å². The molecule has 1 N–H and O–H groups in total. The molecule has 0 heterocycles. The number of nitrogens with zero attached hydrogens (tertiary/aromatic N) is 2. The molecule has 1 atom stereocenters. The lowest BCUT2D eigenvalue weighted by molar-refractivity contribution is -0.139. The number of benzene rings is 3. The van der Waals surface area contributed by atoms with Gasteiger partial charge >= 0.3 is 0 Å². The number of nitrogens with one attached hydrogen (secondary N) is 1. The molecule has 3 aromatic carbocycles. The van der Waals surface area contributed by atoms with E-state index in [0.717, 1.165) is 26.3 Å². The standard InChI is InChI=1S/C29H34BrN3O5S/c1-5-17-31-29(35)22(3)32(19-23-7-6-8-24(30)18-23)28(34)20-33(25-11-13-26(38-4)14-12-25)39(36,37)27-15-9-21(2)10-16-27/h6-16,18,22H,5,17,19-20H2,1-4H3,(H,31,35). The van der Waals surface area contributed by atoms with E-state index in [1.165, 1.54) is 24.1 Å².